The van der Waals surface area contributed by atoms with Gasteiger partial charge in [0.15, 0.2) is 5.84 Å². The Labute approximate surface area is 123 Å². The highest BCUT2D eigenvalue weighted by molar-refractivity contribution is 5.97. The molecule has 2 unspecified atom stereocenters. The second-order valence-electron chi connectivity index (χ2n) is 5.48. The molecule has 1 aromatic carbocycles. The van der Waals surface area contributed by atoms with Crippen LogP contribution in [0.4, 0.5) is 4.39 Å². The number of amidine groups is 1. The topological polar surface area (TPSA) is 90.9 Å². The van der Waals surface area contributed by atoms with Crippen LogP contribution in [0.5, 0.6) is 0 Å². The van der Waals surface area contributed by atoms with Crippen LogP contribution in [0.2, 0.25) is 0 Å². The summed E-state index contributed by atoms with van der Waals surface area (Å²) in [6, 6.07) is 4.48. The standard InChI is InChI=1S/C15H22FN3O2/c16-12-8-10(15(17)19-21)6-7-11(12)9-18-13-4-2-1-3-5-14(13)20/h6-8,13-14,18,20-21H,1-5,9H2,(H2,17,19). The first-order valence-electron chi connectivity index (χ1n) is 7.29. The van der Waals surface area contributed by atoms with Crippen LogP contribution in [-0.2, 0) is 6.54 Å². The molecule has 1 aliphatic rings. The summed E-state index contributed by atoms with van der Waals surface area (Å²) in [5.41, 5.74) is 6.27. The number of nitrogens with one attached hydrogen (secondary N) is 1. The molecule has 0 radical (unpaired) electrons. The van der Waals surface area contributed by atoms with Crippen molar-refractivity contribution in [1.29, 1.82) is 0 Å². The highest BCUT2D eigenvalue weighted by Gasteiger charge is 2.21. The van der Waals surface area contributed by atoms with Crippen molar-refractivity contribution in [2.45, 2.75) is 50.8 Å². The van der Waals surface area contributed by atoms with Gasteiger partial charge in [-0.15, -0.1) is 0 Å². The Hall–Kier alpha value is -1.66. The van der Waals surface area contributed by atoms with Gasteiger partial charge in [-0.05, 0) is 18.9 Å². The van der Waals surface area contributed by atoms with Gasteiger partial charge in [-0.1, -0.05) is 36.6 Å². The number of hydrogen-bond acceptors (Lipinski definition) is 4. The lowest BCUT2D eigenvalue weighted by Gasteiger charge is -2.22. The van der Waals surface area contributed by atoms with Crippen molar-refractivity contribution in [3.8, 4) is 0 Å². The van der Waals surface area contributed by atoms with Gasteiger partial charge in [0.1, 0.15) is 5.82 Å². The molecule has 21 heavy (non-hydrogen) atoms. The van der Waals surface area contributed by atoms with E-state index in [2.05, 4.69) is 10.5 Å². The molecule has 1 aliphatic carbocycles. The third-order valence-corrected chi connectivity index (χ3v) is 3.99. The molecular weight excluding hydrogens is 273 g/mol. The molecule has 116 valence electrons. The number of hydrogen-bond donors (Lipinski definition) is 4. The maximum absolute atomic E-state index is 14.0. The van der Waals surface area contributed by atoms with E-state index in [4.69, 9.17) is 10.9 Å². The average molecular weight is 295 g/mol. The molecule has 0 aliphatic heterocycles. The minimum absolute atomic E-state index is 0.00986. The van der Waals surface area contributed by atoms with E-state index in [1.165, 1.54) is 6.07 Å². The Bertz CT molecular complexity index is 508. The van der Waals surface area contributed by atoms with Gasteiger partial charge in [0.2, 0.25) is 0 Å². The minimum atomic E-state index is -0.408. The van der Waals surface area contributed by atoms with Crippen LogP contribution in [0, 0.1) is 5.82 Å². The molecule has 2 rings (SSSR count). The minimum Gasteiger partial charge on any atom is -0.409 e. The van der Waals surface area contributed by atoms with Crippen molar-refractivity contribution in [1.82, 2.24) is 5.32 Å². The Morgan fingerprint density at radius 1 is 1.33 bits per heavy atom. The van der Waals surface area contributed by atoms with E-state index in [0.29, 0.717) is 17.7 Å². The molecular formula is C15H22FN3O2. The lowest BCUT2D eigenvalue weighted by Crippen LogP contribution is -2.38. The van der Waals surface area contributed by atoms with Crippen molar-refractivity contribution < 1.29 is 14.7 Å². The van der Waals surface area contributed by atoms with Crippen LogP contribution >= 0.6 is 0 Å². The number of oxime groups is 1. The maximum Gasteiger partial charge on any atom is 0.170 e. The van der Waals surface area contributed by atoms with Crippen LogP contribution in [0.1, 0.15) is 43.2 Å². The van der Waals surface area contributed by atoms with Crippen molar-refractivity contribution in [2.75, 3.05) is 0 Å². The molecule has 0 spiro atoms. The number of aliphatic hydroxyl groups excluding tert-OH is 1. The van der Waals surface area contributed by atoms with Crippen molar-refractivity contribution in [2.24, 2.45) is 10.9 Å². The first-order chi connectivity index (χ1) is 10.1. The molecule has 0 bridgehead atoms. The number of nitrogens with zero attached hydrogens (tertiary/aromatic N) is 1. The number of rotatable bonds is 4. The average Bonchev–Trinajstić information content (AvgIpc) is 2.69. The number of nitrogens with two attached hydrogens (primary N) is 1. The summed E-state index contributed by atoms with van der Waals surface area (Å²) in [5, 5.41) is 24.7. The Kier molecular flexibility index (Phi) is 5.52. The van der Waals surface area contributed by atoms with Gasteiger partial charge in [0.25, 0.3) is 0 Å². The fourth-order valence-electron chi connectivity index (χ4n) is 2.67. The number of halogens is 1. The number of aliphatic hydroxyl groups is 1. The first-order valence-corrected chi connectivity index (χ1v) is 7.29. The van der Waals surface area contributed by atoms with Crippen molar-refractivity contribution >= 4 is 5.84 Å². The fourth-order valence-corrected chi connectivity index (χ4v) is 2.67. The third kappa shape index (κ3) is 4.15. The van der Waals surface area contributed by atoms with Crippen LogP contribution in [0.3, 0.4) is 0 Å². The predicted molar refractivity (Wildman–Crippen MR) is 78.6 cm³/mol. The van der Waals surface area contributed by atoms with E-state index < -0.39 is 5.82 Å². The predicted octanol–water partition coefficient (Wildman–Crippen LogP) is 1.70. The van der Waals surface area contributed by atoms with Gasteiger partial charge in [-0.25, -0.2) is 4.39 Å². The molecule has 2 atom stereocenters. The monoisotopic (exact) mass is 295 g/mol. The summed E-state index contributed by atoms with van der Waals surface area (Å²) in [4.78, 5) is 0. The molecule has 1 fully saturated rings. The van der Waals surface area contributed by atoms with Gasteiger partial charge >= 0.3 is 0 Å². The number of benzene rings is 1. The highest BCUT2D eigenvalue weighted by Crippen LogP contribution is 2.19. The van der Waals surface area contributed by atoms with E-state index in [0.717, 1.165) is 32.1 Å². The summed E-state index contributed by atoms with van der Waals surface area (Å²) in [6.45, 7) is 0.351. The van der Waals surface area contributed by atoms with Crippen molar-refractivity contribution in [3.63, 3.8) is 0 Å². The van der Waals surface area contributed by atoms with Crippen LogP contribution < -0.4 is 11.1 Å². The molecule has 1 saturated carbocycles. The molecule has 0 heterocycles. The quantitative estimate of drug-likeness (QED) is 0.224. The Morgan fingerprint density at radius 2 is 2.10 bits per heavy atom. The second-order valence-corrected chi connectivity index (χ2v) is 5.48. The molecule has 0 amide bonds. The largest absolute Gasteiger partial charge is 0.409 e. The van der Waals surface area contributed by atoms with Gasteiger partial charge in [0, 0.05) is 23.7 Å². The normalized spacial score (nSPS) is 23.8. The molecule has 0 aromatic heterocycles. The highest BCUT2D eigenvalue weighted by atomic mass is 19.1. The summed E-state index contributed by atoms with van der Waals surface area (Å²) in [5.74, 6) is -0.526. The zero-order chi connectivity index (χ0) is 15.2. The molecule has 6 heteroatoms. The first kappa shape index (κ1) is 15.7. The Balaban J connectivity index is 1.99. The van der Waals surface area contributed by atoms with Crippen LogP contribution in [0.25, 0.3) is 0 Å². The third-order valence-electron chi connectivity index (χ3n) is 3.99. The van der Waals surface area contributed by atoms with Gasteiger partial charge < -0.3 is 21.4 Å². The summed E-state index contributed by atoms with van der Waals surface area (Å²) < 4.78 is 14.0. The van der Waals surface area contributed by atoms with E-state index in [-0.39, 0.29) is 18.0 Å². The smallest absolute Gasteiger partial charge is 0.170 e. The summed E-state index contributed by atoms with van der Waals surface area (Å²) >= 11 is 0. The Morgan fingerprint density at radius 3 is 2.81 bits per heavy atom. The van der Waals surface area contributed by atoms with Gasteiger partial charge in [-0.3, -0.25) is 0 Å². The van der Waals surface area contributed by atoms with E-state index in [1.54, 1.807) is 12.1 Å². The molecule has 5 N–H and O–H groups in total. The van der Waals surface area contributed by atoms with Crippen LogP contribution in [-0.4, -0.2) is 28.3 Å². The molecule has 1 aromatic rings. The maximum atomic E-state index is 14.0. The van der Waals surface area contributed by atoms with E-state index >= 15 is 0 Å². The van der Waals surface area contributed by atoms with E-state index in [9.17, 15) is 9.50 Å². The van der Waals surface area contributed by atoms with E-state index in [1.807, 2.05) is 0 Å². The second kappa shape index (κ2) is 7.38. The zero-order valence-electron chi connectivity index (χ0n) is 11.9. The molecule has 0 saturated heterocycles. The van der Waals surface area contributed by atoms with Gasteiger partial charge in [0.05, 0.1) is 6.10 Å². The fraction of sp³-hybridized carbons (Fsp3) is 0.533. The SMILES string of the molecule is N/C(=N/O)c1ccc(CNC2CCCCCC2O)c(F)c1. The lowest BCUT2D eigenvalue weighted by atomic mass is 10.0. The summed E-state index contributed by atoms with van der Waals surface area (Å²) in [6.07, 6.45) is 4.60. The van der Waals surface area contributed by atoms with Crippen molar-refractivity contribution in [3.05, 3.63) is 35.1 Å². The van der Waals surface area contributed by atoms with Gasteiger partial charge in [-0.2, -0.15) is 0 Å². The lowest BCUT2D eigenvalue weighted by molar-refractivity contribution is 0.119. The summed E-state index contributed by atoms with van der Waals surface area (Å²) in [7, 11) is 0. The zero-order valence-corrected chi connectivity index (χ0v) is 11.9. The molecule has 5 nitrogen and oxygen atoms in total. The van der Waals surface area contributed by atoms with Crippen LogP contribution in [0.15, 0.2) is 23.4 Å².